The van der Waals surface area contributed by atoms with Gasteiger partial charge in [0.25, 0.3) is 0 Å². The SMILES string of the molecule is CC1CC(=O)N[C@@H]1C(=O)N[C@@H](CCCNC(=N)N)C(=O)N1CCC[C@H]1C(N)=O. The van der Waals surface area contributed by atoms with E-state index in [1.165, 1.54) is 4.90 Å². The Labute approximate surface area is 163 Å². The van der Waals surface area contributed by atoms with Crippen LogP contribution in [-0.2, 0) is 19.2 Å². The van der Waals surface area contributed by atoms with Gasteiger partial charge in [0.1, 0.15) is 18.1 Å². The minimum atomic E-state index is -0.856. The lowest BCUT2D eigenvalue weighted by atomic mass is 10.0. The molecule has 0 aliphatic carbocycles. The third-order valence-corrected chi connectivity index (χ3v) is 5.14. The van der Waals surface area contributed by atoms with Crippen LogP contribution in [0, 0.1) is 11.3 Å². The maximum atomic E-state index is 13.0. The summed E-state index contributed by atoms with van der Waals surface area (Å²) in [5, 5.41) is 15.2. The van der Waals surface area contributed by atoms with Crippen LogP contribution in [0.25, 0.3) is 0 Å². The van der Waals surface area contributed by atoms with Crippen molar-refractivity contribution < 1.29 is 19.2 Å². The van der Waals surface area contributed by atoms with Gasteiger partial charge in [0.2, 0.25) is 23.6 Å². The second-order valence-electron chi connectivity index (χ2n) is 7.36. The molecule has 2 aliphatic rings. The van der Waals surface area contributed by atoms with Gasteiger partial charge in [0.15, 0.2) is 5.96 Å². The van der Waals surface area contributed by atoms with E-state index in [1.54, 1.807) is 6.92 Å². The van der Waals surface area contributed by atoms with Crippen molar-refractivity contribution in [2.45, 2.75) is 57.2 Å². The van der Waals surface area contributed by atoms with E-state index in [4.69, 9.17) is 16.9 Å². The van der Waals surface area contributed by atoms with Gasteiger partial charge < -0.3 is 32.3 Å². The fraction of sp³-hybridized carbons (Fsp3) is 0.706. The largest absolute Gasteiger partial charge is 0.370 e. The lowest BCUT2D eigenvalue weighted by Crippen LogP contribution is -2.56. The summed E-state index contributed by atoms with van der Waals surface area (Å²) in [6, 6.07) is -2.22. The summed E-state index contributed by atoms with van der Waals surface area (Å²) < 4.78 is 0. The highest BCUT2D eigenvalue weighted by atomic mass is 16.2. The average Bonchev–Trinajstić information content (AvgIpc) is 3.23. The fourth-order valence-corrected chi connectivity index (χ4v) is 3.68. The molecular weight excluding hydrogens is 366 g/mol. The number of rotatable bonds is 8. The third kappa shape index (κ3) is 5.33. The molecule has 156 valence electrons. The molecule has 0 spiro atoms. The van der Waals surface area contributed by atoms with E-state index < -0.39 is 29.9 Å². The van der Waals surface area contributed by atoms with Crippen LogP contribution in [-0.4, -0.2) is 65.7 Å². The van der Waals surface area contributed by atoms with Gasteiger partial charge in [-0.25, -0.2) is 0 Å². The number of carbonyl (C=O) groups is 4. The highest BCUT2D eigenvalue weighted by molar-refractivity contribution is 5.95. The molecule has 11 nitrogen and oxygen atoms in total. The molecule has 0 radical (unpaired) electrons. The van der Waals surface area contributed by atoms with Crippen LogP contribution < -0.4 is 27.4 Å². The number of nitrogens with zero attached hydrogens (tertiary/aromatic N) is 1. The molecule has 0 bridgehead atoms. The molecule has 11 heteroatoms. The smallest absolute Gasteiger partial charge is 0.245 e. The Morgan fingerprint density at radius 3 is 2.64 bits per heavy atom. The Bertz CT molecular complexity index is 653. The molecule has 8 N–H and O–H groups in total. The topological polar surface area (TPSA) is 184 Å². The number of nitrogens with one attached hydrogen (secondary N) is 4. The van der Waals surface area contributed by atoms with E-state index in [-0.39, 0.29) is 30.1 Å². The van der Waals surface area contributed by atoms with Crippen LogP contribution in [0.2, 0.25) is 0 Å². The van der Waals surface area contributed by atoms with Crippen molar-refractivity contribution in [3.63, 3.8) is 0 Å². The second kappa shape index (κ2) is 9.38. The van der Waals surface area contributed by atoms with Crippen molar-refractivity contribution in [2.75, 3.05) is 13.1 Å². The molecule has 1 unspecified atom stereocenters. The lowest BCUT2D eigenvalue weighted by molar-refractivity contribution is -0.141. The van der Waals surface area contributed by atoms with E-state index in [0.29, 0.717) is 38.8 Å². The normalized spacial score (nSPS) is 25.1. The minimum Gasteiger partial charge on any atom is -0.370 e. The maximum Gasteiger partial charge on any atom is 0.245 e. The zero-order chi connectivity index (χ0) is 20.8. The third-order valence-electron chi connectivity index (χ3n) is 5.14. The van der Waals surface area contributed by atoms with Crippen molar-refractivity contribution in [1.82, 2.24) is 20.9 Å². The predicted molar refractivity (Wildman–Crippen MR) is 101 cm³/mol. The van der Waals surface area contributed by atoms with Crippen LogP contribution in [0.1, 0.15) is 39.0 Å². The van der Waals surface area contributed by atoms with Gasteiger partial charge in [-0.1, -0.05) is 6.92 Å². The van der Waals surface area contributed by atoms with Gasteiger partial charge in [-0.3, -0.25) is 24.6 Å². The molecule has 2 rings (SSSR count). The van der Waals surface area contributed by atoms with Crippen molar-refractivity contribution in [3.8, 4) is 0 Å². The lowest BCUT2D eigenvalue weighted by Gasteiger charge is -2.29. The highest BCUT2D eigenvalue weighted by Crippen LogP contribution is 2.20. The zero-order valence-corrected chi connectivity index (χ0v) is 16.0. The van der Waals surface area contributed by atoms with Gasteiger partial charge >= 0.3 is 0 Å². The Morgan fingerprint density at radius 1 is 1.36 bits per heavy atom. The first-order valence-corrected chi connectivity index (χ1v) is 9.48. The number of guanidine groups is 1. The maximum absolute atomic E-state index is 13.0. The van der Waals surface area contributed by atoms with E-state index in [9.17, 15) is 19.2 Å². The first kappa shape index (κ1) is 21.5. The molecule has 2 aliphatic heterocycles. The fourth-order valence-electron chi connectivity index (χ4n) is 3.68. The summed E-state index contributed by atoms with van der Waals surface area (Å²) in [6.07, 6.45) is 2.19. The Morgan fingerprint density at radius 2 is 2.07 bits per heavy atom. The van der Waals surface area contributed by atoms with E-state index >= 15 is 0 Å². The standard InChI is InChI=1S/C17H29N7O4/c1-9-8-12(25)23-13(9)15(27)22-10(4-2-6-21-17(19)20)16(28)24-7-3-5-11(24)14(18)26/h9-11,13H,2-8H2,1H3,(H2,18,26)(H,22,27)(H,23,25)(H4,19,20,21)/t9?,10-,11-,13-/m0/s1. The number of carbonyl (C=O) groups excluding carboxylic acids is 4. The molecule has 2 heterocycles. The number of hydrogen-bond donors (Lipinski definition) is 6. The molecule has 0 saturated carbocycles. The van der Waals surface area contributed by atoms with Crippen molar-refractivity contribution >= 4 is 29.6 Å². The summed E-state index contributed by atoms with van der Waals surface area (Å²) in [6.45, 7) is 2.56. The van der Waals surface area contributed by atoms with E-state index in [0.717, 1.165) is 0 Å². The van der Waals surface area contributed by atoms with Crippen LogP contribution in [0.5, 0.6) is 0 Å². The zero-order valence-electron chi connectivity index (χ0n) is 16.0. The first-order chi connectivity index (χ1) is 13.2. The minimum absolute atomic E-state index is 0.173. The van der Waals surface area contributed by atoms with Crippen molar-refractivity contribution in [3.05, 3.63) is 0 Å². The van der Waals surface area contributed by atoms with Gasteiger partial charge in [0.05, 0.1) is 0 Å². The van der Waals surface area contributed by atoms with E-state index in [1.807, 2.05) is 0 Å². The summed E-state index contributed by atoms with van der Waals surface area (Å²) in [4.78, 5) is 50.2. The number of likely N-dealkylation sites (tertiary alicyclic amines) is 1. The average molecular weight is 395 g/mol. The Hall–Kier alpha value is -2.85. The second-order valence-corrected chi connectivity index (χ2v) is 7.36. The summed E-state index contributed by atoms with van der Waals surface area (Å²) in [5.41, 5.74) is 10.6. The van der Waals surface area contributed by atoms with Gasteiger partial charge in [-0.2, -0.15) is 0 Å². The van der Waals surface area contributed by atoms with Crippen LogP contribution >= 0.6 is 0 Å². The molecule has 0 aromatic carbocycles. The van der Waals surface area contributed by atoms with E-state index in [2.05, 4.69) is 16.0 Å². The van der Waals surface area contributed by atoms with Gasteiger partial charge in [-0.15, -0.1) is 0 Å². The number of nitrogens with two attached hydrogens (primary N) is 2. The number of primary amides is 1. The monoisotopic (exact) mass is 395 g/mol. The molecule has 28 heavy (non-hydrogen) atoms. The van der Waals surface area contributed by atoms with Crippen molar-refractivity contribution in [2.24, 2.45) is 17.4 Å². The number of amides is 4. The molecule has 0 aromatic rings. The quantitative estimate of drug-likeness (QED) is 0.153. The molecule has 2 fully saturated rings. The van der Waals surface area contributed by atoms with Crippen LogP contribution in [0.4, 0.5) is 0 Å². The predicted octanol–water partition coefficient (Wildman–Crippen LogP) is -2.26. The Balaban J connectivity index is 2.06. The van der Waals surface area contributed by atoms with Crippen LogP contribution in [0.15, 0.2) is 0 Å². The molecule has 4 atom stereocenters. The molecular formula is C17H29N7O4. The van der Waals surface area contributed by atoms with Gasteiger partial charge in [-0.05, 0) is 31.6 Å². The van der Waals surface area contributed by atoms with Crippen molar-refractivity contribution in [1.29, 1.82) is 5.41 Å². The molecule has 4 amide bonds. The number of hydrogen-bond acceptors (Lipinski definition) is 5. The summed E-state index contributed by atoms with van der Waals surface area (Å²) in [7, 11) is 0. The molecule has 0 aromatic heterocycles. The van der Waals surface area contributed by atoms with Crippen LogP contribution in [0.3, 0.4) is 0 Å². The Kier molecular flexibility index (Phi) is 7.18. The highest BCUT2D eigenvalue weighted by Gasteiger charge is 2.39. The molecule has 2 saturated heterocycles. The van der Waals surface area contributed by atoms with Gasteiger partial charge in [0, 0.05) is 19.5 Å². The summed E-state index contributed by atoms with van der Waals surface area (Å²) in [5.74, 6) is -1.91. The first-order valence-electron chi connectivity index (χ1n) is 9.48. The summed E-state index contributed by atoms with van der Waals surface area (Å²) >= 11 is 0.